The molecule has 8 heteroatoms. The van der Waals surface area contributed by atoms with Crippen LogP contribution in [-0.2, 0) is 13.1 Å². The molecule has 0 saturated heterocycles. The van der Waals surface area contributed by atoms with Gasteiger partial charge in [-0.15, -0.1) is 11.8 Å². The molecular formula is C23H24N4O3S. The SMILES string of the molecule is CCCCCn1c(=O)c2ccccc2n(Cc2nc(-c3ccc(SC)cc3)no2)c1=O. The number of nitrogens with zero attached hydrogens (tertiary/aromatic N) is 4. The molecule has 0 amide bonds. The Morgan fingerprint density at radius 1 is 1.00 bits per heavy atom. The molecule has 0 radical (unpaired) electrons. The molecule has 160 valence electrons. The maximum absolute atomic E-state index is 13.2. The molecule has 0 saturated carbocycles. The Hall–Kier alpha value is -3.13. The second kappa shape index (κ2) is 9.34. The largest absolute Gasteiger partial charge is 0.337 e. The summed E-state index contributed by atoms with van der Waals surface area (Å²) in [5.74, 6) is 0.784. The van der Waals surface area contributed by atoms with Crippen LogP contribution in [0.4, 0.5) is 0 Å². The van der Waals surface area contributed by atoms with Crippen LogP contribution >= 0.6 is 11.8 Å². The van der Waals surface area contributed by atoms with Crippen molar-refractivity contribution in [3.05, 3.63) is 75.3 Å². The predicted molar refractivity (Wildman–Crippen MR) is 123 cm³/mol. The predicted octanol–water partition coefficient (Wildman–Crippen LogP) is 4.17. The van der Waals surface area contributed by atoms with Crippen molar-refractivity contribution in [1.29, 1.82) is 0 Å². The van der Waals surface area contributed by atoms with Gasteiger partial charge in [-0.25, -0.2) is 4.79 Å². The van der Waals surface area contributed by atoms with Gasteiger partial charge in [0.1, 0.15) is 6.54 Å². The van der Waals surface area contributed by atoms with E-state index >= 15 is 0 Å². The highest BCUT2D eigenvalue weighted by Gasteiger charge is 2.16. The second-order valence-corrected chi connectivity index (χ2v) is 8.17. The molecule has 0 fully saturated rings. The molecule has 4 aromatic rings. The van der Waals surface area contributed by atoms with Gasteiger partial charge in [-0.2, -0.15) is 4.98 Å². The van der Waals surface area contributed by atoms with Crippen molar-refractivity contribution in [3.8, 4) is 11.4 Å². The lowest BCUT2D eigenvalue weighted by Gasteiger charge is -2.12. The highest BCUT2D eigenvalue weighted by atomic mass is 32.2. The van der Waals surface area contributed by atoms with Crippen LogP contribution in [0.5, 0.6) is 0 Å². The Labute approximate surface area is 183 Å². The minimum absolute atomic E-state index is 0.100. The van der Waals surface area contributed by atoms with Crippen molar-refractivity contribution in [3.63, 3.8) is 0 Å². The van der Waals surface area contributed by atoms with Gasteiger partial charge >= 0.3 is 5.69 Å². The summed E-state index contributed by atoms with van der Waals surface area (Å²) in [5.41, 5.74) is 0.791. The van der Waals surface area contributed by atoms with E-state index in [1.165, 1.54) is 9.13 Å². The molecule has 0 spiro atoms. The summed E-state index contributed by atoms with van der Waals surface area (Å²) >= 11 is 1.66. The Bertz CT molecular complexity index is 1310. The zero-order valence-corrected chi connectivity index (χ0v) is 18.4. The van der Waals surface area contributed by atoms with Gasteiger partial charge in [0.25, 0.3) is 5.56 Å². The van der Waals surface area contributed by atoms with Crippen LogP contribution in [0.25, 0.3) is 22.3 Å². The minimum Gasteiger partial charge on any atom is -0.337 e. The lowest BCUT2D eigenvalue weighted by molar-refractivity contribution is 0.369. The number of hydrogen-bond donors (Lipinski definition) is 0. The third-order valence-corrected chi connectivity index (χ3v) is 5.97. The van der Waals surface area contributed by atoms with E-state index in [0.29, 0.717) is 29.2 Å². The van der Waals surface area contributed by atoms with E-state index in [9.17, 15) is 9.59 Å². The Balaban J connectivity index is 1.72. The normalized spacial score (nSPS) is 11.3. The third-order valence-electron chi connectivity index (χ3n) is 5.23. The molecule has 2 heterocycles. The van der Waals surface area contributed by atoms with Crippen molar-refractivity contribution < 1.29 is 4.52 Å². The first-order valence-corrected chi connectivity index (χ1v) is 11.5. The van der Waals surface area contributed by atoms with Crippen molar-refractivity contribution in [1.82, 2.24) is 19.3 Å². The monoisotopic (exact) mass is 436 g/mol. The summed E-state index contributed by atoms with van der Waals surface area (Å²) in [6.07, 6.45) is 4.77. The van der Waals surface area contributed by atoms with Crippen molar-refractivity contribution in [2.24, 2.45) is 0 Å². The highest BCUT2D eigenvalue weighted by Crippen LogP contribution is 2.21. The highest BCUT2D eigenvalue weighted by molar-refractivity contribution is 7.98. The van der Waals surface area contributed by atoms with Gasteiger partial charge in [-0.1, -0.05) is 37.1 Å². The zero-order valence-electron chi connectivity index (χ0n) is 17.6. The van der Waals surface area contributed by atoms with Gasteiger partial charge in [-0.05, 0) is 49.1 Å². The number of thioether (sulfide) groups is 1. The van der Waals surface area contributed by atoms with Crippen LogP contribution in [0.3, 0.4) is 0 Å². The average molecular weight is 437 g/mol. The Morgan fingerprint density at radius 2 is 1.77 bits per heavy atom. The molecule has 0 aliphatic carbocycles. The van der Waals surface area contributed by atoms with E-state index in [0.717, 1.165) is 29.7 Å². The van der Waals surface area contributed by atoms with Gasteiger partial charge in [0.05, 0.1) is 10.9 Å². The second-order valence-electron chi connectivity index (χ2n) is 7.29. The molecule has 4 rings (SSSR count). The number of para-hydroxylation sites is 1. The number of fused-ring (bicyclic) bond motifs is 1. The van der Waals surface area contributed by atoms with E-state index < -0.39 is 0 Å². The minimum atomic E-state index is -0.358. The molecule has 0 bridgehead atoms. The first-order chi connectivity index (χ1) is 15.1. The van der Waals surface area contributed by atoms with E-state index in [1.54, 1.807) is 30.0 Å². The van der Waals surface area contributed by atoms with Crippen LogP contribution in [0, 0.1) is 0 Å². The Kier molecular flexibility index (Phi) is 6.36. The Morgan fingerprint density at radius 3 is 2.52 bits per heavy atom. The van der Waals surface area contributed by atoms with Gasteiger partial charge in [0.2, 0.25) is 11.7 Å². The summed E-state index contributed by atoms with van der Waals surface area (Å²) in [4.78, 5) is 31.7. The standard InChI is InChI=1S/C23H24N4O3S/c1-3-4-7-14-26-22(28)18-8-5-6-9-19(18)27(23(26)29)15-20-24-21(25-30-20)16-10-12-17(31-2)13-11-16/h5-6,8-13H,3-4,7,14-15H2,1-2H3. The number of hydrogen-bond acceptors (Lipinski definition) is 6. The summed E-state index contributed by atoms with van der Waals surface area (Å²) in [6.45, 7) is 2.58. The van der Waals surface area contributed by atoms with Crippen LogP contribution in [0.15, 0.2) is 67.5 Å². The topological polar surface area (TPSA) is 82.9 Å². The van der Waals surface area contributed by atoms with Crippen LogP contribution < -0.4 is 11.2 Å². The number of unbranched alkanes of at least 4 members (excludes halogenated alkanes) is 2. The first-order valence-electron chi connectivity index (χ1n) is 10.3. The molecule has 2 aromatic heterocycles. The molecule has 2 aromatic carbocycles. The van der Waals surface area contributed by atoms with Gasteiger partial charge in [0.15, 0.2) is 0 Å². The molecule has 0 aliphatic rings. The molecule has 0 N–H and O–H groups in total. The average Bonchev–Trinajstić information content (AvgIpc) is 3.28. The van der Waals surface area contributed by atoms with Gasteiger partial charge in [0, 0.05) is 17.0 Å². The van der Waals surface area contributed by atoms with Crippen molar-refractivity contribution in [2.45, 2.75) is 44.2 Å². The first kappa shape index (κ1) is 21.1. The number of benzene rings is 2. The molecule has 0 atom stereocenters. The molecule has 0 unspecified atom stereocenters. The van der Waals surface area contributed by atoms with Gasteiger partial charge in [-0.3, -0.25) is 13.9 Å². The third kappa shape index (κ3) is 4.34. The number of aromatic nitrogens is 4. The van der Waals surface area contributed by atoms with E-state index in [4.69, 9.17) is 4.52 Å². The fraction of sp³-hybridized carbons (Fsp3) is 0.304. The summed E-state index contributed by atoms with van der Waals surface area (Å²) in [5, 5.41) is 4.58. The van der Waals surface area contributed by atoms with E-state index in [1.807, 2.05) is 36.6 Å². The quantitative estimate of drug-likeness (QED) is 0.304. The smallest absolute Gasteiger partial charge is 0.331 e. The maximum atomic E-state index is 13.2. The summed E-state index contributed by atoms with van der Waals surface area (Å²) in [7, 11) is 0. The molecule has 0 aliphatic heterocycles. The van der Waals surface area contributed by atoms with Crippen LogP contribution in [-0.4, -0.2) is 25.5 Å². The van der Waals surface area contributed by atoms with Crippen molar-refractivity contribution >= 4 is 22.7 Å². The fourth-order valence-electron chi connectivity index (χ4n) is 3.55. The van der Waals surface area contributed by atoms with E-state index in [-0.39, 0.29) is 17.8 Å². The zero-order chi connectivity index (χ0) is 21.8. The molecule has 7 nitrogen and oxygen atoms in total. The van der Waals surface area contributed by atoms with Crippen LogP contribution in [0.2, 0.25) is 0 Å². The molecular weight excluding hydrogens is 412 g/mol. The van der Waals surface area contributed by atoms with Crippen LogP contribution in [0.1, 0.15) is 32.1 Å². The number of rotatable bonds is 8. The lowest BCUT2D eigenvalue weighted by Crippen LogP contribution is -2.40. The van der Waals surface area contributed by atoms with Gasteiger partial charge < -0.3 is 4.52 Å². The molecule has 31 heavy (non-hydrogen) atoms. The summed E-state index contributed by atoms with van der Waals surface area (Å²) in [6, 6.07) is 15.0. The maximum Gasteiger partial charge on any atom is 0.331 e. The fourth-order valence-corrected chi connectivity index (χ4v) is 3.96. The van der Waals surface area contributed by atoms with E-state index in [2.05, 4.69) is 17.1 Å². The lowest BCUT2D eigenvalue weighted by atomic mass is 10.2. The van der Waals surface area contributed by atoms with Crippen molar-refractivity contribution in [2.75, 3.05) is 6.26 Å². The summed E-state index contributed by atoms with van der Waals surface area (Å²) < 4.78 is 8.29.